The molecule has 1 aliphatic heterocycles. The molecule has 184 valence electrons. The van der Waals surface area contributed by atoms with Gasteiger partial charge in [-0.3, -0.25) is 9.59 Å². The molecule has 0 amide bonds. The zero-order valence-electron chi connectivity index (χ0n) is 21.4. The Morgan fingerprint density at radius 2 is 1.91 bits per heavy atom. The fourth-order valence-corrected chi connectivity index (χ4v) is 8.85. The van der Waals surface area contributed by atoms with E-state index in [1.54, 1.807) is 6.08 Å². The third-order valence-corrected chi connectivity index (χ3v) is 10.7. The van der Waals surface area contributed by atoms with E-state index in [0.717, 1.165) is 37.7 Å². The second-order valence-electron chi connectivity index (χ2n) is 12.5. The maximum absolute atomic E-state index is 13.6. The van der Waals surface area contributed by atoms with Gasteiger partial charge in [0.2, 0.25) is 5.88 Å². The van der Waals surface area contributed by atoms with Crippen LogP contribution in [0.4, 0.5) is 0 Å². The Bertz CT molecular complexity index is 1170. The van der Waals surface area contributed by atoms with E-state index in [1.165, 1.54) is 5.57 Å². The van der Waals surface area contributed by atoms with Crippen LogP contribution in [0.3, 0.4) is 0 Å². The Balaban J connectivity index is 1.20. The van der Waals surface area contributed by atoms with Crippen LogP contribution >= 0.6 is 0 Å². The number of rotatable bonds is 4. The highest BCUT2D eigenvalue weighted by molar-refractivity contribution is 6.01. The summed E-state index contributed by atoms with van der Waals surface area (Å²) in [5.74, 6) is 3.15. The van der Waals surface area contributed by atoms with Crippen LogP contribution in [0.15, 0.2) is 64.6 Å². The summed E-state index contributed by atoms with van der Waals surface area (Å²) in [4.78, 5) is 30.2. The molecule has 3 saturated carbocycles. The Kier molecular flexibility index (Phi) is 5.08. The first kappa shape index (κ1) is 22.9. The van der Waals surface area contributed by atoms with E-state index < -0.39 is 0 Å². The highest BCUT2D eigenvalue weighted by Gasteiger charge is 2.60. The number of allylic oxidation sites excluding steroid dienone is 9. The van der Waals surface area contributed by atoms with E-state index in [2.05, 4.69) is 44.8 Å². The van der Waals surface area contributed by atoms with E-state index >= 15 is 0 Å². The van der Waals surface area contributed by atoms with Crippen LogP contribution in [-0.2, 0) is 14.3 Å². The minimum absolute atomic E-state index is 0.0221. The molecule has 5 aliphatic carbocycles. The van der Waals surface area contributed by atoms with Crippen molar-refractivity contribution in [2.75, 3.05) is 6.61 Å². The van der Waals surface area contributed by atoms with Gasteiger partial charge in [-0.15, -0.1) is 0 Å². The average molecular weight is 472 g/mol. The predicted octanol–water partition coefficient (Wildman–Crippen LogP) is 6.17. The van der Waals surface area contributed by atoms with Gasteiger partial charge in [-0.2, -0.15) is 0 Å². The first-order chi connectivity index (χ1) is 16.7. The van der Waals surface area contributed by atoms with Gasteiger partial charge in [0, 0.05) is 23.1 Å². The van der Waals surface area contributed by atoms with Gasteiger partial charge in [0.15, 0.2) is 11.6 Å². The molecule has 0 aromatic carbocycles. The summed E-state index contributed by atoms with van der Waals surface area (Å²) in [7, 11) is 0. The maximum atomic E-state index is 13.6. The van der Waals surface area contributed by atoms with Crippen molar-refractivity contribution in [1.82, 2.24) is 0 Å². The molecule has 3 fully saturated rings. The normalized spacial score (nSPS) is 45.1. The molecule has 8 atom stereocenters. The van der Waals surface area contributed by atoms with Gasteiger partial charge >= 0.3 is 0 Å². The second kappa shape index (κ2) is 7.75. The number of hydrogen-bond donors (Lipinski definition) is 0. The molecule has 0 spiro atoms. The summed E-state index contributed by atoms with van der Waals surface area (Å²) in [5, 5.41) is 0. The van der Waals surface area contributed by atoms with Gasteiger partial charge in [-0.1, -0.05) is 56.7 Å². The Morgan fingerprint density at radius 1 is 1.09 bits per heavy atom. The molecule has 6 aliphatic rings. The van der Waals surface area contributed by atoms with E-state index in [9.17, 15) is 9.59 Å². The molecule has 0 N–H and O–H groups in total. The van der Waals surface area contributed by atoms with Gasteiger partial charge in [-0.05, 0) is 80.3 Å². The van der Waals surface area contributed by atoms with Crippen molar-refractivity contribution in [3.8, 4) is 0 Å². The quantitative estimate of drug-likeness (QED) is 0.493. The van der Waals surface area contributed by atoms with Crippen molar-refractivity contribution >= 4 is 17.8 Å². The van der Waals surface area contributed by atoms with Crippen molar-refractivity contribution in [3.05, 3.63) is 59.6 Å². The lowest BCUT2D eigenvalue weighted by atomic mass is 9.46. The van der Waals surface area contributed by atoms with Crippen LogP contribution < -0.4 is 0 Å². The molecule has 0 saturated heterocycles. The van der Waals surface area contributed by atoms with Crippen LogP contribution in [-0.4, -0.2) is 24.4 Å². The Morgan fingerprint density at radius 3 is 2.74 bits per heavy atom. The average Bonchev–Trinajstić information content (AvgIpc) is 3.35. The minimum Gasteiger partial charge on any atom is -0.469 e. The van der Waals surface area contributed by atoms with Gasteiger partial charge < -0.3 is 4.74 Å². The van der Waals surface area contributed by atoms with Crippen molar-refractivity contribution < 1.29 is 14.3 Å². The number of hydrogen-bond acceptors (Lipinski definition) is 4. The lowest BCUT2D eigenvalue weighted by Crippen LogP contribution is -2.52. The predicted molar refractivity (Wildman–Crippen MR) is 138 cm³/mol. The molecule has 0 radical (unpaired) electrons. The topological polar surface area (TPSA) is 55.7 Å². The molecule has 4 heteroatoms. The zero-order chi connectivity index (χ0) is 24.6. The number of nitrogens with zero attached hydrogens (tertiary/aromatic N) is 1. The minimum atomic E-state index is -0.227. The maximum Gasteiger partial charge on any atom is 0.217 e. The summed E-state index contributed by atoms with van der Waals surface area (Å²) >= 11 is 0. The summed E-state index contributed by atoms with van der Waals surface area (Å²) < 4.78 is 6.06. The molecule has 4 nitrogen and oxygen atoms in total. The highest BCUT2D eigenvalue weighted by atomic mass is 16.5. The van der Waals surface area contributed by atoms with E-state index in [4.69, 9.17) is 4.74 Å². The second-order valence-corrected chi connectivity index (χ2v) is 12.5. The van der Waals surface area contributed by atoms with Crippen LogP contribution in [0.25, 0.3) is 0 Å². The molecule has 7 unspecified atom stereocenters. The van der Waals surface area contributed by atoms with Gasteiger partial charge in [0.1, 0.15) is 6.61 Å². The van der Waals surface area contributed by atoms with Crippen LogP contribution in [0.5, 0.6) is 0 Å². The summed E-state index contributed by atoms with van der Waals surface area (Å²) in [6.07, 6.45) is 21.4. The number of ether oxygens (including phenoxy) is 1. The molecule has 0 bridgehead atoms. The largest absolute Gasteiger partial charge is 0.469 e. The van der Waals surface area contributed by atoms with Gasteiger partial charge in [-0.25, -0.2) is 4.99 Å². The number of Topliss-reactive ketones (excluding diaryl/α,β-unsaturated/α-hetero) is 1. The fourth-order valence-electron chi connectivity index (χ4n) is 8.85. The molecule has 35 heavy (non-hydrogen) atoms. The van der Waals surface area contributed by atoms with E-state index in [0.29, 0.717) is 29.6 Å². The lowest BCUT2D eigenvalue weighted by Gasteiger charge is -2.58. The van der Waals surface area contributed by atoms with Crippen molar-refractivity contribution in [2.45, 2.75) is 59.8 Å². The van der Waals surface area contributed by atoms with Gasteiger partial charge in [0.05, 0.1) is 5.41 Å². The third kappa shape index (κ3) is 3.28. The summed E-state index contributed by atoms with van der Waals surface area (Å²) in [6, 6.07) is 0. The SMILES string of the molecule is C[C@H]1CC2C(CCC3(C)C(C(=O)COC4=C5C=CC=CC5(C)C=N4)CCC23)C2(C)C=CC(=O)C=C12. The molecule has 1 heterocycles. The first-order valence-electron chi connectivity index (χ1n) is 13.4. The summed E-state index contributed by atoms with van der Waals surface area (Å²) in [5.41, 5.74) is 2.16. The van der Waals surface area contributed by atoms with Crippen molar-refractivity contribution in [1.29, 1.82) is 0 Å². The highest BCUT2D eigenvalue weighted by Crippen LogP contribution is 2.66. The molecule has 0 aromatic rings. The number of fused-ring (bicyclic) bond motifs is 6. The monoisotopic (exact) mass is 471 g/mol. The number of aliphatic imine (C=N–C) groups is 1. The zero-order valence-corrected chi connectivity index (χ0v) is 21.4. The number of ketones is 2. The van der Waals surface area contributed by atoms with Crippen LogP contribution in [0.1, 0.15) is 59.8 Å². The Labute approximate surface area is 209 Å². The fraction of sp³-hybridized carbons (Fsp3) is 0.581. The first-order valence-corrected chi connectivity index (χ1v) is 13.4. The molecule has 6 rings (SSSR count). The standard InChI is InChI=1S/C31H37NO3/c1-19-15-21-22-8-9-24(27(34)17-35-28-25-7-5-6-12-29(25,2)18-32-28)30(22,3)14-11-23(21)31(4)13-10-20(33)16-26(19)31/h5-7,10,12-13,16,18-19,21-24H,8-9,11,14-15,17H2,1-4H3/t19-,21?,22?,23?,24?,29?,30?,31?/m0/s1. The van der Waals surface area contributed by atoms with Crippen molar-refractivity contribution in [3.63, 3.8) is 0 Å². The Hall–Kier alpha value is -2.49. The molecular formula is C31H37NO3. The number of carbonyl (C=O) groups is 2. The third-order valence-electron chi connectivity index (χ3n) is 10.7. The van der Waals surface area contributed by atoms with Gasteiger partial charge in [0.25, 0.3) is 0 Å². The van der Waals surface area contributed by atoms with Crippen LogP contribution in [0, 0.1) is 45.8 Å². The van der Waals surface area contributed by atoms with Crippen LogP contribution in [0.2, 0.25) is 0 Å². The van der Waals surface area contributed by atoms with E-state index in [-0.39, 0.29) is 40.3 Å². The lowest BCUT2D eigenvalue weighted by molar-refractivity contribution is -0.133. The van der Waals surface area contributed by atoms with Crippen molar-refractivity contribution in [2.24, 2.45) is 50.8 Å². The van der Waals surface area contributed by atoms with E-state index in [1.807, 2.05) is 30.5 Å². The molecule has 0 aromatic heterocycles. The molecular weight excluding hydrogens is 434 g/mol. The number of carbonyl (C=O) groups excluding carboxylic acids is 2. The smallest absolute Gasteiger partial charge is 0.217 e. The summed E-state index contributed by atoms with van der Waals surface area (Å²) in [6.45, 7) is 9.25.